The van der Waals surface area contributed by atoms with Gasteiger partial charge in [0.25, 0.3) is 0 Å². The lowest BCUT2D eigenvalue weighted by Gasteiger charge is -2.20. The minimum atomic E-state index is -0.577. The van der Waals surface area contributed by atoms with E-state index in [0.29, 0.717) is 45.2 Å². The van der Waals surface area contributed by atoms with Crippen molar-refractivity contribution in [3.8, 4) is 0 Å². The maximum Gasteiger partial charge on any atom is 0.221 e. The van der Waals surface area contributed by atoms with Crippen LogP contribution in [0.25, 0.3) is 10.9 Å². The second-order valence-corrected chi connectivity index (χ2v) is 9.42. The van der Waals surface area contributed by atoms with Crippen molar-refractivity contribution in [1.29, 1.82) is 0 Å². The van der Waals surface area contributed by atoms with Crippen molar-refractivity contribution in [2.24, 2.45) is 0 Å². The summed E-state index contributed by atoms with van der Waals surface area (Å²) in [7, 11) is 1.93. The predicted octanol–water partition coefficient (Wildman–Crippen LogP) is 4.16. The summed E-state index contributed by atoms with van der Waals surface area (Å²) in [5.41, 5.74) is 3.28. The summed E-state index contributed by atoms with van der Waals surface area (Å²) in [4.78, 5) is 47.0. The molecule has 0 aliphatic carbocycles. The van der Waals surface area contributed by atoms with Crippen molar-refractivity contribution in [3.63, 3.8) is 0 Å². The zero-order valence-corrected chi connectivity index (χ0v) is 22.0. The largest absolute Gasteiger partial charge is 0.374 e. The molecule has 2 heterocycles. The molecule has 3 aromatic rings. The number of fused-ring (bicyclic) bond motifs is 1. The summed E-state index contributed by atoms with van der Waals surface area (Å²) < 4.78 is 0. The summed E-state index contributed by atoms with van der Waals surface area (Å²) in [5.74, 6) is -0.177. The van der Waals surface area contributed by atoms with Gasteiger partial charge in [0, 0.05) is 74.6 Å². The quantitative estimate of drug-likeness (QED) is 0.271. The van der Waals surface area contributed by atoms with Crippen molar-refractivity contribution in [3.05, 3.63) is 60.6 Å². The number of amides is 2. The molecule has 0 saturated heterocycles. The van der Waals surface area contributed by atoms with Crippen LogP contribution in [0, 0.1) is 0 Å². The highest BCUT2D eigenvalue weighted by Crippen LogP contribution is 2.19. The number of ketones is 1. The van der Waals surface area contributed by atoms with E-state index in [0.717, 1.165) is 30.5 Å². The van der Waals surface area contributed by atoms with Crippen LogP contribution in [-0.4, -0.2) is 53.7 Å². The summed E-state index contributed by atoms with van der Waals surface area (Å²) in [6, 6.07) is 11.3. The summed E-state index contributed by atoms with van der Waals surface area (Å²) in [6.07, 6.45) is 10.1. The molecule has 0 aliphatic rings. The molecule has 0 aliphatic heterocycles. The van der Waals surface area contributed by atoms with Gasteiger partial charge in [-0.15, -0.1) is 0 Å². The van der Waals surface area contributed by atoms with Gasteiger partial charge in [-0.1, -0.05) is 31.5 Å². The Morgan fingerprint density at radius 2 is 1.78 bits per heavy atom. The lowest BCUT2D eigenvalue weighted by molar-refractivity contribution is -0.128. The van der Waals surface area contributed by atoms with E-state index in [-0.39, 0.29) is 17.6 Å². The van der Waals surface area contributed by atoms with Crippen LogP contribution in [0.1, 0.15) is 57.4 Å². The standard InChI is InChI=1S/C29H39N5O3/c1-3-4-11-27(35)26(15-19-31-28(36)16-20-34(2)23-13-17-30-18-14-23)33-29(37)12-7-8-22-21-32-25-10-6-5-9-24(22)25/h5-6,9-10,13-14,17-18,21,26,32H,3-4,7-8,11-12,15-16,19-20H2,1-2H3,(H,31,36)(H,33,37). The highest BCUT2D eigenvalue weighted by molar-refractivity contribution is 5.89. The summed E-state index contributed by atoms with van der Waals surface area (Å²) in [6.45, 7) is 2.95. The Balaban J connectivity index is 1.42. The lowest BCUT2D eigenvalue weighted by atomic mass is 10.0. The van der Waals surface area contributed by atoms with Crippen LogP contribution in [-0.2, 0) is 20.8 Å². The normalized spacial score (nSPS) is 11.7. The van der Waals surface area contributed by atoms with Gasteiger partial charge in [-0.2, -0.15) is 0 Å². The third-order valence-electron chi connectivity index (χ3n) is 6.56. The fraction of sp³-hybridized carbons (Fsp3) is 0.448. The second-order valence-electron chi connectivity index (χ2n) is 9.42. The molecule has 1 aromatic carbocycles. The van der Waals surface area contributed by atoms with Gasteiger partial charge in [-0.3, -0.25) is 19.4 Å². The third-order valence-corrected chi connectivity index (χ3v) is 6.56. The molecule has 0 saturated carbocycles. The number of aromatic amines is 1. The molecule has 0 bridgehead atoms. The van der Waals surface area contributed by atoms with E-state index >= 15 is 0 Å². The molecule has 8 heteroatoms. The number of anilines is 1. The highest BCUT2D eigenvalue weighted by Gasteiger charge is 2.20. The zero-order chi connectivity index (χ0) is 26.5. The molecular formula is C29H39N5O3. The average molecular weight is 506 g/mol. The molecule has 3 N–H and O–H groups in total. The number of aromatic nitrogens is 2. The average Bonchev–Trinajstić information content (AvgIpc) is 3.33. The van der Waals surface area contributed by atoms with Crippen molar-refractivity contribution in [1.82, 2.24) is 20.6 Å². The number of unbranched alkanes of at least 4 members (excludes halogenated alkanes) is 1. The predicted molar refractivity (Wildman–Crippen MR) is 147 cm³/mol. The molecule has 3 rings (SSSR count). The number of pyridine rings is 1. The van der Waals surface area contributed by atoms with Crippen molar-refractivity contribution in [2.75, 3.05) is 25.0 Å². The number of nitrogens with zero attached hydrogens (tertiary/aromatic N) is 2. The molecule has 2 amide bonds. The Hall–Kier alpha value is -3.68. The second kappa shape index (κ2) is 14.8. The Morgan fingerprint density at radius 1 is 1.00 bits per heavy atom. The SMILES string of the molecule is CCCCC(=O)C(CCNC(=O)CCN(C)c1ccncc1)NC(=O)CCCc1c[nH]c2ccccc12. The number of nitrogens with one attached hydrogen (secondary N) is 3. The summed E-state index contributed by atoms with van der Waals surface area (Å²) in [5, 5.41) is 7.00. The van der Waals surface area contributed by atoms with Crippen LogP contribution in [0.3, 0.4) is 0 Å². The van der Waals surface area contributed by atoms with Crippen molar-refractivity contribution in [2.45, 2.75) is 64.3 Å². The number of para-hydroxylation sites is 1. The molecule has 1 atom stereocenters. The minimum Gasteiger partial charge on any atom is -0.374 e. The van der Waals surface area contributed by atoms with E-state index in [4.69, 9.17) is 0 Å². The smallest absolute Gasteiger partial charge is 0.221 e. The Labute approximate surface area is 219 Å². The van der Waals surface area contributed by atoms with E-state index in [1.54, 1.807) is 12.4 Å². The first-order valence-corrected chi connectivity index (χ1v) is 13.2. The Kier molecular flexibility index (Phi) is 11.1. The van der Waals surface area contributed by atoms with E-state index in [2.05, 4.69) is 26.7 Å². The Bertz CT molecular complexity index is 1140. The van der Waals surface area contributed by atoms with Gasteiger partial charge < -0.3 is 20.5 Å². The van der Waals surface area contributed by atoms with E-state index in [1.165, 1.54) is 10.9 Å². The van der Waals surface area contributed by atoms with Crippen LogP contribution in [0.2, 0.25) is 0 Å². The monoisotopic (exact) mass is 505 g/mol. The molecule has 0 radical (unpaired) electrons. The maximum absolute atomic E-state index is 12.7. The fourth-order valence-corrected chi connectivity index (χ4v) is 4.32. The van der Waals surface area contributed by atoms with Gasteiger partial charge >= 0.3 is 0 Å². The van der Waals surface area contributed by atoms with Gasteiger partial charge in [0.2, 0.25) is 11.8 Å². The third kappa shape index (κ3) is 9.04. The molecule has 37 heavy (non-hydrogen) atoms. The number of rotatable bonds is 16. The maximum atomic E-state index is 12.7. The Morgan fingerprint density at radius 3 is 2.57 bits per heavy atom. The molecular weight excluding hydrogens is 466 g/mol. The highest BCUT2D eigenvalue weighted by atomic mass is 16.2. The molecule has 8 nitrogen and oxygen atoms in total. The number of hydrogen-bond acceptors (Lipinski definition) is 5. The zero-order valence-electron chi connectivity index (χ0n) is 22.0. The molecule has 0 spiro atoms. The van der Waals surface area contributed by atoms with Crippen molar-refractivity contribution >= 4 is 34.2 Å². The molecule has 198 valence electrons. The van der Waals surface area contributed by atoms with Gasteiger partial charge in [0.05, 0.1) is 6.04 Å². The first-order valence-electron chi connectivity index (χ1n) is 13.2. The lowest BCUT2D eigenvalue weighted by Crippen LogP contribution is -2.43. The van der Waals surface area contributed by atoms with E-state index in [9.17, 15) is 14.4 Å². The van der Waals surface area contributed by atoms with Crippen LogP contribution < -0.4 is 15.5 Å². The molecule has 0 fully saturated rings. The summed E-state index contributed by atoms with van der Waals surface area (Å²) >= 11 is 0. The molecule has 1 unspecified atom stereocenters. The van der Waals surface area contributed by atoms with Gasteiger partial charge in [-0.25, -0.2) is 0 Å². The minimum absolute atomic E-state index is 0.0264. The van der Waals surface area contributed by atoms with Crippen molar-refractivity contribution < 1.29 is 14.4 Å². The van der Waals surface area contributed by atoms with Gasteiger partial charge in [0.15, 0.2) is 5.78 Å². The van der Waals surface area contributed by atoms with Crippen LogP contribution >= 0.6 is 0 Å². The fourth-order valence-electron chi connectivity index (χ4n) is 4.32. The van der Waals surface area contributed by atoms with Crippen LogP contribution in [0.4, 0.5) is 5.69 Å². The topological polar surface area (TPSA) is 107 Å². The van der Waals surface area contributed by atoms with Crippen LogP contribution in [0.15, 0.2) is 55.0 Å². The van der Waals surface area contributed by atoms with Gasteiger partial charge in [0.1, 0.15) is 0 Å². The van der Waals surface area contributed by atoms with E-state index in [1.807, 2.05) is 55.4 Å². The number of aryl methyl sites for hydroxylation is 1. The number of benzene rings is 1. The number of carbonyl (C=O) groups is 3. The first kappa shape index (κ1) is 27.9. The number of hydrogen-bond donors (Lipinski definition) is 3. The first-order chi connectivity index (χ1) is 18.0. The number of carbonyl (C=O) groups excluding carboxylic acids is 3. The molecule has 2 aromatic heterocycles. The van der Waals surface area contributed by atoms with Crippen LogP contribution in [0.5, 0.6) is 0 Å². The number of H-pyrrole nitrogens is 1. The van der Waals surface area contributed by atoms with Gasteiger partial charge in [-0.05, 0) is 49.4 Å². The number of Topliss-reactive ketones (excluding diaryl/α,β-unsaturated/α-hetero) is 1. The van der Waals surface area contributed by atoms with E-state index < -0.39 is 6.04 Å².